The second-order valence-electron chi connectivity index (χ2n) is 4.22. The van der Waals surface area contributed by atoms with Gasteiger partial charge in [-0.1, -0.05) is 17.3 Å². The molecule has 19 heavy (non-hydrogen) atoms. The maximum atomic E-state index is 12.2. The van der Waals surface area contributed by atoms with E-state index in [1.54, 1.807) is 38.1 Å². The molecule has 0 saturated heterocycles. The van der Waals surface area contributed by atoms with E-state index in [1.165, 1.54) is 0 Å². The molecule has 1 aromatic carbocycles. The van der Waals surface area contributed by atoms with Gasteiger partial charge >= 0.3 is 0 Å². The van der Waals surface area contributed by atoms with Gasteiger partial charge in [0.25, 0.3) is 0 Å². The molecule has 7 heteroatoms. The summed E-state index contributed by atoms with van der Waals surface area (Å²) in [5.41, 5.74) is 7.36. The van der Waals surface area contributed by atoms with Crippen LogP contribution in [0.1, 0.15) is 17.0 Å². The van der Waals surface area contributed by atoms with Crippen molar-refractivity contribution < 1.29 is 12.9 Å². The lowest BCUT2D eigenvalue weighted by atomic mass is 10.2. The average Bonchev–Trinajstić information content (AvgIpc) is 2.67. The standard InChI is InChI=1S/C12H15N3O3S/c1-8-12(9(2)18-15-8)19(16,17)14-7-10-4-3-5-11(13)6-10/h3-6,14H,7,13H2,1-2H3. The number of aryl methyl sites for hydroxylation is 2. The van der Waals surface area contributed by atoms with Gasteiger partial charge in [0.15, 0.2) is 5.76 Å². The van der Waals surface area contributed by atoms with E-state index < -0.39 is 10.0 Å². The lowest BCUT2D eigenvalue weighted by molar-refractivity contribution is 0.390. The average molecular weight is 281 g/mol. The highest BCUT2D eigenvalue weighted by Gasteiger charge is 2.23. The van der Waals surface area contributed by atoms with Crippen LogP contribution in [0.4, 0.5) is 5.69 Å². The maximum Gasteiger partial charge on any atom is 0.246 e. The van der Waals surface area contributed by atoms with Crippen LogP contribution < -0.4 is 10.5 Å². The third-order valence-corrected chi connectivity index (χ3v) is 4.30. The van der Waals surface area contributed by atoms with E-state index in [0.717, 1.165) is 5.56 Å². The summed E-state index contributed by atoms with van der Waals surface area (Å²) in [5, 5.41) is 3.64. The van der Waals surface area contributed by atoms with Crippen molar-refractivity contribution in [1.82, 2.24) is 9.88 Å². The molecule has 0 bridgehead atoms. The first-order valence-electron chi connectivity index (χ1n) is 5.67. The highest BCUT2D eigenvalue weighted by Crippen LogP contribution is 2.19. The number of sulfonamides is 1. The molecule has 6 nitrogen and oxygen atoms in total. The Bertz CT molecular complexity index is 672. The number of aromatic nitrogens is 1. The molecular formula is C12H15N3O3S. The van der Waals surface area contributed by atoms with Crippen molar-refractivity contribution in [3.8, 4) is 0 Å². The van der Waals surface area contributed by atoms with Gasteiger partial charge in [-0.05, 0) is 31.5 Å². The minimum atomic E-state index is -3.64. The monoisotopic (exact) mass is 281 g/mol. The smallest absolute Gasteiger partial charge is 0.246 e. The van der Waals surface area contributed by atoms with E-state index in [-0.39, 0.29) is 17.2 Å². The fourth-order valence-corrected chi connectivity index (χ4v) is 3.15. The molecule has 0 radical (unpaired) electrons. The van der Waals surface area contributed by atoms with Gasteiger partial charge in [0.1, 0.15) is 10.6 Å². The number of hydrogen-bond acceptors (Lipinski definition) is 5. The summed E-state index contributed by atoms with van der Waals surface area (Å²) in [6.45, 7) is 3.32. The van der Waals surface area contributed by atoms with E-state index in [1.807, 2.05) is 0 Å². The molecule has 3 N–H and O–H groups in total. The van der Waals surface area contributed by atoms with Crippen molar-refractivity contribution in [2.45, 2.75) is 25.3 Å². The second kappa shape index (κ2) is 5.02. The number of nitrogens with one attached hydrogen (secondary N) is 1. The molecule has 0 fully saturated rings. The Labute approximate surface area is 111 Å². The van der Waals surface area contributed by atoms with Gasteiger partial charge in [0.05, 0.1) is 0 Å². The fraction of sp³-hybridized carbons (Fsp3) is 0.250. The van der Waals surface area contributed by atoms with Crippen LogP contribution in [0.15, 0.2) is 33.7 Å². The molecule has 2 aromatic rings. The summed E-state index contributed by atoms with van der Waals surface area (Å²) >= 11 is 0. The van der Waals surface area contributed by atoms with E-state index in [2.05, 4.69) is 9.88 Å². The quantitative estimate of drug-likeness (QED) is 0.824. The molecule has 0 atom stereocenters. The summed E-state index contributed by atoms with van der Waals surface area (Å²) in [7, 11) is -3.64. The Kier molecular flexibility index (Phi) is 3.59. The molecule has 2 rings (SSSR count). The van der Waals surface area contributed by atoms with Crippen LogP contribution in [0.2, 0.25) is 0 Å². The number of nitrogen functional groups attached to an aromatic ring is 1. The van der Waals surface area contributed by atoms with E-state index in [4.69, 9.17) is 10.3 Å². The zero-order valence-corrected chi connectivity index (χ0v) is 11.5. The number of hydrogen-bond donors (Lipinski definition) is 2. The van der Waals surface area contributed by atoms with Crippen molar-refractivity contribution in [2.24, 2.45) is 0 Å². The van der Waals surface area contributed by atoms with Crippen molar-refractivity contribution >= 4 is 15.7 Å². The lowest BCUT2D eigenvalue weighted by Crippen LogP contribution is -2.24. The molecule has 1 aromatic heterocycles. The largest absolute Gasteiger partial charge is 0.399 e. The van der Waals surface area contributed by atoms with Crippen LogP contribution >= 0.6 is 0 Å². The summed E-state index contributed by atoms with van der Waals surface area (Å²) in [6, 6.07) is 7.03. The Hall–Kier alpha value is -1.86. The maximum absolute atomic E-state index is 12.2. The molecule has 0 aliphatic carbocycles. The Morgan fingerprint density at radius 3 is 2.68 bits per heavy atom. The van der Waals surface area contributed by atoms with Crippen LogP contribution in [0.5, 0.6) is 0 Å². The van der Waals surface area contributed by atoms with Gasteiger partial charge in [-0.2, -0.15) is 0 Å². The van der Waals surface area contributed by atoms with Crippen molar-refractivity contribution in [1.29, 1.82) is 0 Å². The van der Waals surface area contributed by atoms with Gasteiger partial charge in [-0.15, -0.1) is 0 Å². The SMILES string of the molecule is Cc1noc(C)c1S(=O)(=O)NCc1cccc(N)c1. The molecule has 0 spiro atoms. The molecule has 0 amide bonds. The first-order chi connectivity index (χ1) is 8.90. The zero-order chi connectivity index (χ0) is 14.0. The minimum Gasteiger partial charge on any atom is -0.399 e. The number of nitrogens with two attached hydrogens (primary N) is 1. The predicted molar refractivity (Wildman–Crippen MR) is 70.9 cm³/mol. The highest BCUT2D eigenvalue weighted by atomic mass is 32.2. The van der Waals surface area contributed by atoms with Gasteiger partial charge < -0.3 is 10.3 Å². The topological polar surface area (TPSA) is 98.2 Å². The van der Waals surface area contributed by atoms with E-state index >= 15 is 0 Å². The summed E-state index contributed by atoms with van der Waals surface area (Å²) in [5.74, 6) is 0.276. The summed E-state index contributed by atoms with van der Waals surface area (Å²) in [6.07, 6.45) is 0. The van der Waals surface area contributed by atoms with Crippen molar-refractivity contribution in [2.75, 3.05) is 5.73 Å². The number of nitrogens with zero attached hydrogens (tertiary/aromatic N) is 1. The minimum absolute atomic E-state index is 0.0939. The fourth-order valence-electron chi connectivity index (χ4n) is 1.81. The van der Waals surface area contributed by atoms with Gasteiger partial charge in [-0.3, -0.25) is 0 Å². The van der Waals surface area contributed by atoms with Crippen LogP contribution in [0, 0.1) is 13.8 Å². The van der Waals surface area contributed by atoms with Gasteiger partial charge in [0, 0.05) is 12.2 Å². The number of benzene rings is 1. The predicted octanol–water partition coefficient (Wildman–Crippen LogP) is 1.35. The number of rotatable bonds is 4. The van der Waals surface area contributed by atoms with Crippen molar-refractivity contribution in [3.63, 3.8) is 0 Å². The van der Waals surface area contributed by atoms with Crippen LogP contribution in [0.25, 0.3) is 0 Å². The molecule has 102 valence electrons. The summed E-state index contributed by atoms with van der Waals surface area (Å²) in [4.78, 5) is 0.0939. The van der Waals surface area contributed by atoms with Gasteiger partial charge in [0.2, 0.25) is 10.0 Å². The molecule has 1 heterocycles. The van der Waals surface area contributed by atoms with E-state index in [0.29, 0.717) is 11.4 Å². The molecular weight excluding hydrogens is 266 g/mol. The normalized spacial score (nSPS) is 11.7. The molecule has 0 aliphatic rings. The van der Waals surface area contributed by atoms with Gasteiger partial charge in [-0.25, -0.2) is 13.1 Å². The zero-order valence-electron chi connectivity index (χ0n) is 10.7. The number of anilines is 1. The lowest BCUT2D eigenvalue weighted by Gasteiger charge is -2.06. The highest BCUT2D eigenvalue weighted by molar-refractivity contribution is 7.89. The first-order valence-corrected chi connectivity index (χ1v) is 7.15. The van der Waals surface area contributed by atoms with Crippen LogP contribution in [0.3, 0.4) is 0 Å². The molecule has 0 aliphatic heterocycles. The Balaban J connectivity index is 2.19. The molecule has 0 saturated carbocycles. The van der Waals surface area contributed by atoms with E-state index in [9.17, 15) is 8.42 Å². The summed E-state index contributed by atoms with van der Waals surface area (Å²) < 4.78 is 31.7. The Morgan fingerprint density at radius 1 is 1.37 bits per heavy atom. The second-order valence-corrected chi connectivity index (χ2v) is 5.93. The Morgan fingerprint density at radius 2 is 2.11 bits per heavy atom. The van der Waals surface area contributed by atoms with Crippen LogP contribution in [-0.2, 0) is 16.6 Å². The first kappa shape index (κ1) is 13.6. The third kappa shape index (κ3) is 2.94. The van der Waals surface area contributed by atoms with Crippen molar-refractivity contribution in [3.05, 3.63) is 41.3 Å². The third-order valence-electron chi connectivity index (χ3n) is 2.65. The van der Waals surface area contributed by atoms with Crippen LogP contribution in [-0.4, -0.2) is 13.6 Å². The molecule has 0 unspecified atom stereocenters.